The maximum Gasteiger partial charge on any atom is 0.321 e. The Morgan fingerprint density at radius 1 is 0.867 bits per heavy atom. The van der Waals surface area contributed by atoms with Gasteiger partial charge in [-0.15, -0.1) is 0 Å². The van der Waals surface area contributed by atoms with Gasteiger partial charge in [0.05, 0.1) is 10.9 Å². The summed E-state index contributed by atoms with van der Waals surface area (Å²) in [5.41, 5.74) is 0. The molecule has 5 heteroatoms. The summed E-state index contributed by atoms with van der Waals surface area (Å²) in [6.07, 6.45) is 1.58. The Balaban J connectivity index is 1.55. The first-order valence-electron chi connectivity index (χ1n) is 10.1. The summed E-state index contributed by atoms with van der Waals surface area (Å²) in [6, 6.07) is 29.3. The standard InChI is InChI=1S/C25H24IO3S/c1-18(26)24(27)29-25(19-12-13-19)28-20-14-16-23(17-15-20)30(21-8-4-2-5-9-21)22-10-6-3-7-11-22/h2-11,14-19,25H,12-13H2,1H3/q+1. The second-order valence-corrected chi connectivity index (χ2v) is 11.2. The molecule has 3 nitrogen and oxygen atoms in total. The Morgan fingerprint density at radius 2 is 1.37 bits per heavy atom. The number of benzene rings is 3. The van der Waals surface area contributed by atoms with E-state index in [4.69, 9.17) is 9.47 Å². The minimum atomic E-state index is -0.498. The maximum atomic E-state index is 12.0. The predicted octanol–water partition coefficient (Wildman–Crippen LogP) is 6.26. The first kappa shape index (κ1) is 21.2. The number of alkyl halides is 1. The van der Waals surface area contributed by atoms with E-state index in [2.05, 4.69) is 83.3 Å². The first-order chi connectivity index (χ1) is 14.6. The third kappa shape index (κ3) is 5.38. The number of esters is 1. The number of carbonyl (C=O) groups excluding carboxylic acids is 1. The van der Waals surface area contributed by atoms with E-state index in [0.717, 1.165) is 18.6 Å². The quantitative estimate of drug-likeness (QED) is 0.113. The molecule has 0 aromatic heterocycles. The lowest BCUT2D eigenvalue weighted by Crippen LogP contribution is -2.29. The smallest absolute Gasteiger partial charge is 0.321 e. The van der Waals surface area contributed by atoms with Crippen LogP contribution in [0.5, 0.6) is 5.75 Å². The molecule has 0 radical (unpaired) electrons. The summed E-state index contributed by atoms with van der Waals surface area (Å²) in [5.74, 6) is 0.806. The molecule has 1 aliphatic rings. The van der Waals surface area contributed by atoms with Gasteiger partial charge in [-0.2, -0.15) is 0 Å². The Hall–Kier alpha value is -1.99. The van der Waals surface area contributed by atoms with Crippen molar-refractivity contribution in [2.75, 3.05) is 0 Å². The largest absolute Gasteiger partial charge is 0.454 e. The van der Waals surface area contributed by atoms with Crippen molar-refractivity contribution in [3.8, 4) is 5.75 Å². The van der Waals surface area contributed by atoms with Crippen LogP contribution in [0.15, 0.2) is 99.6 Å². The van der Waals surface area contributed by atoms with Gasteiger partial charge >= 0.3 is 5.97 Å². The minimum Gasteiger partial charge on any atom is -0.454 e. The highest BCUT2D eigenvalue weighted by Gasteiger charge is 2.37. The van der Waals surface area contributed by atoms with E-state index in [9.17, 15) is 4.79 Å². The van der Waals surface area contributed by atoms with Crippen LogP contribution in [-0.4, -0.2) is 16.2 Å². The van der Waals surface area contributed by atoms with Crippen molar-refractivity contribution in [2.24, 2.45) is 5.92 Å². The molecule has 4 rings (SSSR count). The lowest BCUT2D eigenvalue weighted by molar-refractivity contribution is -0.165. The summed E-state index contributed by atoms with van der Waals surface area (Å²) in [5, 5.41) is 0. The fourth-order valence-corrected chi connectivity index (χ4v) is 5.33. The van der Waals surface area contributed by atoms with E-state index in [1.165, 1.54) is 14.7 Å². The van der Waals surface area contributed by atoms with Crippen LogP contribution < -0.4 is 4.74 Å². The first-order valence-corrected chi connectivity index (χ1v) is 12.5. The normalized spacial score (nSPS) is 15.4. The molecule has 154 valence electrons. The number of rotatable bonds is 8. The highest BCUT2D eigenvalue weighted by molar-refractivity contribution is 14.1. The van der Waals surface area contributed by atoms with E-state index < -0.39 is 6.29 Å². The maximum absolute atomic E-state index is 12.0. The van der Waals surface area contributed by atoms with Gasteiger partial charge in [-0.05, 0) is 68.3 Å². The molecule has 0 N–H and O–H groups in total. The molecule has 0 heterocycles. The van der Waals surface area contributed by atoms with E-state index in [1.54, 1.807) is 0 Å². The van der Waals surface area contributed by atoms with Crippen LogP contribution in [0.2, 0.25) is 0 Å². The number of hydrogen-bond acceptors (Lipinski definition) is 3. The molecule has 0 amide bonds. The van der Waals surface area contributed by atoms with Gasteiger partial charge in [-0.3, -0.25) is 4.79 Å². The predicted molar refractivity (Wildman–Crippen MR) is 128 cm³/mol. The van der Waals surface area contributed by atoms with Crippen molar-refractivity contribution in [2.45, 2.75) is 44.7 Å². The molecule has 30 heavy (non-hydrogen) atoms. The zero-order chi connectivity index (χ0) is 20.9. The van der Waals surface area contributed by atoms with Crippen molar-refractivity contribution in [1.29, 1.82) is 0 Å². The summed E-state index contributed by atoms with van der Waals surface area (Å²) in [4.78, 5) is 15.8. The third-order valence-corrected chi connectivity index (χ3v) is 7.57. The Bertz CT molecular complexity index is 917. The molecular formula is C25H24IO3S+. The van der Waals surface area contributed by atoms with Crippen LogP contribution >= 0.6 is 22.6 Å². The average Bonchev–Trinajstić information content (AvgIpc) is 3.61. The van der Waals surface area contributed by atoms with Gasteiger partial charge in [-0.25, -0.2) is 0 Å². The van der Waals surface area contributed by atoms with Crippen LogP contribution in [0, 0.1) is 5.92 Å². The fourth-order valence-electron chi connectivity index (χ4n) is 3.10. The molecule has 3 aromatic rings. The molecule has 0 saturated heterocycles. The third-order valence-electron chi connectivity index (χ3n) is 4.83. The van der Waals surface area contributed by atoms with Gasteiger partial charge in [0.2, 0.25) is 6.29 Å². The molecule has 0 spiro atoms. The van der Waals surface area contributed by atoms with Gasteiger partial charge in [-0.1, -0.05) is 59.0 Å². The van der Waals surface area contributed by atoms with Crippen LogP contribution in [0.1, 0.15) is 19.8 Å². The molecule has 1 saturated carbocycles. The zero-order valence-electron chi connectivity index (χ0n) is 16.7. The number of halogens is 1. The molecular weight excluding hydrogens is 507 g/mol. The number of ether oxygens (including phenoxy) is 2. The van der Waals surface area contributed by atoms with Gasteiger partial charge in [0.25, 0.3) is 0 Å². The van der Waals surface area contributed by atoms with Crippen molar-refractivity contribution < 1.29 is 14.3 Å². The highest BCUT2D eigenvalue weighted by Crippen LogP contribution is 2.37. The monoisotopic (exact) mass is 531 g/mol. The van der Waals surface area contributed by atoms with E-state index in [-0.39, 0.29) is 20.8 Å². The molecule has 1 aliphatic carbocycles. The van der Waals surface area contributed by atoms with E-state index >= 15 is 0 Å². The van der Waals surface area contributed by atoms with Gasteiger partial charge in [0.15, 0.2) is 14.7 Å². The SMILES string of the molecule is CC(I)C(=O)OC(Oc1ccc([S+](c2ccccc2)c2ccccc2)cc1)C1CC1. The van der Waals surface area contributed by atoms with Crippen molar-refractivity contribution in [3.05, 3.63) is 84.9 Å². The van der Waals surface area contributed by atoms with E-state index in [1.807, 2.05) is 31.2 Å². The van der Waals surface area contributed by atoms with Crippen molar-refractivity contribution in [3.63, 3.8) is 0 Å². The topological polar surface area (TPSA) is 35.5 Å². The lowest BCUT2D eigenvalue weighted by Gasteiger charge is -2.20. The molecule has 2 unspecified atom stereocenters. The zero-order valence-corrected chi connectivity index (χ0v) is 19.7. The van der Waals surface area contributed by atoms with Crippen molar-refractivity contribution in [1.82, 2.24) is 0 Å². The van der Waals surface area contributed by atoms with Crippen LogP contribution in [-0.2, 0) is 20.4 Å². The second-order valence-electron chi connectivity index (χ2n) is 7.28. The Morgan fingerprint density at radius 3 is 1.83 bits per heavy atom. The molecule has 1 fully saturated rings. The van der Waals surface area contributed by atoms with Crippen LogP contribution in [0.4, 0.5) is 0 Å². The van der Waals surface area contributed by atoms with Crippen LogP contribution in [0.25, 0.3) is 0 Å². The minimum absolute atomic E-state index is 0.187. The summed E-state index contributed by atoms with van der Waals surface area (Å²) in [7, 11) is -0.189. The Kier molecular flexibility index (Phi) is 7.00. The van der Waals surface area contributed by atoms with Gasteiger partial charge in [0, 0.05) is 5.92 Å². The number of carbonyl (C=O) groups is 1. The summed E-state index contributed by atoms with van der Waals surface area (Å²) < 4.78 is 11.5. The fraction of sp³-hybridized carbons (Fsp3) is 0.240. The lowest BCUT2D eigenvalue weighted by atomic mass is 10.3. The molecule has 0 aliphatic heterocycles. The van der Waals surface area contributed by atoms with Gasteiger partial charge < -0.3 is 9.47 Å². The van der Waals surface area contributed by atoms with Crippen LogP contribution in [0.3, 0.4) is 0 Å². The highest BCUT2D eigenvalue weighted by atomic mass is 127. The van der Waals surface area contributed by atoms with E-state index in [0.29, 0.717) is 5.92 Å². The molecule has 3 aromatic carbocycles. The Labute approximate surface area is 194 Å². The molecule has 2 atom stereocenters. The van der Waals surface area contributed by atoms with Crippen molar-refractivity contribution >= 4 is 39.5 Å². The average molecular weight is 531 g/mol. The number of hydrogen-bond donors (Lipinski definition) is 0. The summed E-state index contributed by atoms with van der Waals surface area (Å²) >= 11 is 2.07. The molecule has 0 bridgehead atoms. The second kappa shape index (κ2) is 9.88. The van der Waals surface area contributed by atoms with Gasteiger partial charge in [0.1, 0.15) is 9.67 Å². The summed E-state index contributed by atoms with van der Waals surface area (Å²) in [6.45, 7) is 1.83.